The summed E-state index contributed by atoms with van der Waals surface area (Å²) in [4.78, 5) is 51.0. The molecule has 2 aliphatic heterocycles. The van der Waals surface area contributed by atoms with Gasteiger partial charge in [0.2, 0.25) is 0 Å². The molecule has 0 amide bonds. The Bertz CT molecular complexity index is 1350. The van der Waals surface area contributed by atoms with Crippen LogP contribution < -0.4 is 4.90 Å². The summed E-state index contributed by atoms with van der Waals surface area (Å²) >= 11 is 1.79. The summed E-state index contributed by atoms with van der Waals surface area (Å²) in [5, 5.41) is 35.1. The van der Waals surface area contributed by atoms with E-state index in [0.717, 1.165) is 18.7 Å². The molecule has 1 saturated heterocycles. The fourth-order valence-electron chi connectivity index (χ4n) is 4.13. The van der Waals surface area contributed by atoms with Crippen LogP contribution in [0.5, 0.6) is 0 Å². The molecular weight excluding hydrogens is 592 g/mol. The Hall–Kier alpha value is -4.82. The van der Waals surface area contributed by atoms with Gasteiger partial charge in [-0.05, 0) is 56.2 Å². The zero-order chi connectivity index (χ0) is 32.5. The monoisotopic (exact) mass is 626 g/mol. The average Bonchev–Trinajstić information content (AvgIpc) is 2.98. The molecule has 1 fully saturated rings. The quantitative estimate of drug-likeness (QED) is 0.0932. The van der Waals surface area contributed by atoms with Gasteiger partial charge in [0.1, 0.15) is 0 Å². The van der Waals surface area contributed by atoms with Crippen molar-refractivity contribution in [3.05, 3.63) is 77.2 Å². The van der Waals surface area contributed by atoms with Gasteiger partial charge in [-0.3, -0.25) is 0 Å². The molecule has 0 bridgehead atoms. The Balaban J connectivity index is 0.000000349. The lowest BCUT2D eigenvalue weighted by molar-refractivity contribution is -0.134. The first-order valence-corrected chi connectivity index (χ1v) is 14.2. The minimum Gasteiger partial charge on any atom is -0.478 e. The number of carboxylic acids is 4. The molecule has 0 saturated carbocycles. The summed E-state index contributed by atoms with van der Waals surface area (Å²) in [5.41, 5.74) is 11.9. The molecule has 44 heavy (non-hydrogen) atoms. The molecule has 0 radical (unpaired) electrons. The lowest BCUT2D eigenvalue weighted by Gasteiger charge is -2.34. The Morgan fingerprint density at radius 3 is 1.86 bits per heavy atom. The van der Waals surface area contributed by atoms with Gasteiger partial charge in [0.05, 0.1) is 11.4 Å². The number of piperazine rings is 1. The zero-order valence-corrected chi connectivity index (χ0v) is 24.8. The zero-order valence-electron chi connectivity index (χ0n) is 24.0. The number of azide groups is 1. The molecule has 2 aromatic rings. The number of carbonyl (C=O) groups is 4. The number of fused-ring (bicyclic) bond motifs is 2. The van der Waals surface area contributed by atoms with E-state index in [9.17, 15) is 19.2 Å². The number of rotatable bonds is 10. The van der Waals surface area contributed by atoms with Gasteiger partial charge in [0.25, 0.3) is 0 Å². The van der Waals surface area contributed by atoms with Crippen molar-refractivity contribution in [2.75, 3.05) is 51.2 Å². The van der Waals surface area contributed by atoms with Gasteiger partial charge in [0, 0.05) is 77.4 Å². The van der Waals surface area contributed by atoms with E-state index in [1.807, 2.05) is 12.1 Å². The molecule has 15 heteroatoms. The molecule has 2 aromatic carbocycles. The summed E-state index contributed by atoms with van der Waals surface area (Å²) in [7, 11) is 2.20. The number of nitrogens with zero attached hydrogens (tertiary/aromatic N) is 6. The number of hydrogen-bond donors (Lipinski definition) is 4. The van der Waals surface area contributed by atoms with E-state index in [1.54, 1.807) is 11.8 Å². The van der Waals surface area contributed by atoms with Crippen LogP contribution in [0.2, 0.25) is 0 Å². The van der Waals surface area contributed by atoms with Crippen molar-refractivity contribution < 1.29 is 39.6 Å². The number of likely N-dealkylation sites (N-methyl/N-ethyl adjacent to an activating group) is 1. The molecule has 0 spiro atoms. The third-order valence-electron chi connectivity index (χ3n) is 6.21. The number of aliphatic carboxylic acids is 4. The topological polar surface area (TPSA) is 208 Å². The normalized spacial score (nSPS) is 14.2. The van der Waals surface area contributed by atoms with Gasteiger partial charge in [-0.2, -0.15) is 0 Å². The van der Waals surface area contributed by atoms with Crippen molar-refractivity contribution in [2.24, 2.45) is 5.11 Å². The van der Waals surface area contributed by atoms with Crippen LogP contribution in [0.15, 0.2) is 81.7 Å². The molecule has 0 atom stereocenters. The number of unbranched alkanes of at least 4 members (excludes halogenated alkanes) is 1. The van der Waals surface area contributed by atoms with Gasteiger partial charge in [0.15, 0.2) is 0 Å². The Kier molecular flexibility index (Phi) is 15.0. The average molecular weight is 627 g/mol. The number of anilines is 2. The van der Waals surface area contributed by atoms with Crippen LogP contribution in [0.4, 0.5) is 17.1 Å². The SMILES string of the molecule is CN1CCN(CCCCN2c3ccccc3Sc3ccc(N=[N+]=[N-])cc32)CC1.O=C(O)/C=C\C(=O)O.O=C(O)/C=C\C(=O)O. The summed E-state index contributed by atoms with van der Waals surface area (Å²) in [6.07, 6.45) is 4.56. The molecule has 14 nitrogen and oxygen atoms in total. The van der Waals surface area contributed by atoms with Crippen LogP contribution in [-0.2, 0) is 19.2 Å². The summed E-state index contributed by atoms with van der Waals surface area (Å²) < 4.78 is 0. The Morgan fingerprint density at radius 2 is 1.32 bits per heavy atom. The summed E-state index contributed by atoms with van der Waals surface area (Å²) in [6, 6.07) is 14.5. The highest BCUT2D eigenvalue weighted by molar-refractivity contribution is 7.99. The lowest BCUT2D eigenvalue weighted by Crippen LogP contribution is -2.44. The van der Waals surface area contributed by atoms with Crippen molar-refractivity contribution in [3.8, 4) is 0 Å². The third-order valence-corrected chi connectivity index (χ3v) is 7.34. The van der Waals surface area contributed by atoms with E-state index in [-0.39, 0.29) is 0 Å². The van der Waals surface area contributed by atoms with Gasteiger partial charge in [-0.1, -0.05) is 35.1 Å². The van der Waals surface area contributed by atoms with Crippen LogP contribution >= 0.6 is 11.8 Å². The number of para-hydroxylation sites is 1. The van der Waals surface area contributed by atoms with Crippen molar-refractivity contribution in [1.82, 2.24) is 9.80 Å². The Morgan fingerprint density at radius 1 is 0.795 bits per heavy atom. The minimum absolute atomic E-state index is 0.558. The maximum Gasteiger partial charge on any atom is 0.328 e. The highest BCUT2D eigenvalue weighted by atomic mass is 32.2. The molecule has 2 aliphatic rings. The fourth-order valence-corrected chi connectivity index (χ4v) is 5.21. The number of benzene rings is 2. The standard InChI is InChI=1S/C21H26N6S.2C4H4O4/c1-25-12-14-26(15-13-25)10-4-5-11-27-18-6-2-3-7-20(18)28-21-9-8-17(23-24-22)16-19(21)27;2*5-3(6)1-2-4(7)8/h2-3,6-9,16H,4-5,10-15H2,1H3;2*1-2H,(H,5,6)(H,7,8)/b;2*2-1-. The highest BCUT2D eigenvalue weighted by Gasteiger charge is 2.23. The van der Waals surface area contributed by atoms with Crippen LogP contribution in [0.25, 0.3) is 10.4 Å². The summed E-state index contributed by atoms with van der Waals surface area (Å²) in [5.74, 6) is -5.03. The number of carboxylic acid groups (broad SMARTS) is 4. The fraction of sp³-hybridized carbons (Fsp3) is 0.310. The predicted octanol–water partition coefficient (Wildman–Crippen LogP) is 4.68. The summed E-state index contributed by atoms with van der Waals surface area (Å²) in [6.45, 7) is 6.84. The van der Waals surface area contributed by atoms with Crippen LogP contribution in [0, 0.1) is 0 Å². The van der Waals surface area contributed by atoms with E-state index in [1.165, 1.54) is 54.6 Å². The van der Waals surface area contributed by atoms with Crippen LogP contribution in [0.1, 0.15) is 12.8 Å². The first-order valence-electron chi connectivity index (χ1n) is 13.4. The molecule has 0 unspecified atom stereocenters. The van der Waals surface area contributed by atoms with Crippen molar-refractivity contribution >= 4 is 52.7 Å². The van der Waals surface area contributed by atoms with Gasteiger partial charge in [-0.25, -0.2) is 19.2 Å². The molecule has 234 valence electrons. The first kappa shape index (κ1) is 35.4. The van der Waals surface area contributed by atoms with Crippen LogP contribution in [0.3, 0.4) is 0 Å². The third kappa shape index (κ3) is 13.0. The van der Waals surface area contributed by atoms with Gasteiger partial charge in [-0.15, -0.1) is 0 Å². The first-order chi connectivity index (χ1) is 21.0. The largest absolute Gasteiger partial charge is 0.478 e. The van der Waals surface area contributed by atoms with Gasteiger partial charge >= 0.3 is 23.9 Å². The van der Waals surface area contributed by atoms with Crippen molar-refractivity contribution in [2.45, 2.75) is 22.6 Å². The second kappa shape index (κ2) is 18.7. The smallest absolute Gasteiger partial charge is 0.328 e. The second-order valence-corrected chi connectivity index (χ2v) is 10.5. The Labute approximate surface area is 258 Å². The lowest BCUT2D eigenvalue weighted by atomic mass is 10.1. The van der Waals surface area contributed by atoms with Gasteiger partial charge < -0.3 is 35.1 Å². The molecule has 4 N–H and O–H groups in total. The van der Waals surface area contributed by atoms with Crippen molar-refractivity contribution in [3.63, 3.8) is 0 Å². The maximum absolute atomic E-state index is 9.55. The molecular formula is C29H34N6O8S. The highest BCUT2D eigenvalue weighted by Crippen LogP contribution is 2.49. The van der Waals surface area contributed by atoms with E-state index in [4.69, 9.17) is 26.0 Å². The van der Waals surface area contributed by atoms with Crippen LogP contribution in [-0.4, -0.2) is 100 Å². The van der Waals surface area contributed by atoms with E-state index >= 15 is 0 Å². The molecule has 2 heterocycles. The second-order valence-electron chi connectivity index (χ2n) is 9.43. The van der Waals surface area contributed by atoms with E-state index in [2.05, 4.69) is 62.1 Å². The maximum atomic E-state index is 9.55. The van der Waals surface area contributed by atoms with E-state index in [0.29, 0.717) is 30.0 Å². The molecule has 0 aliphatic carbocycles. The van der Waals surface area contributed by atoms with Crippen molar-refractivity contribution in [1.29, 1.82) is 0 Å². The molecule has 4 rings (SSSR count). The van der Waals surface area contributed by atoms with E-state index < -0.39 is 23.9 Å². The predicted molar refractivity (Wildman–Crippen MR) is 165 cm³/mol. The number of hydrogen-bond acceptors (Lipinski definition) is 9. The minimum atomic E-state index is -1.26. The molecule has 0 aromatic heterocycles.